The summed E-state index contributed by atoms with van der Waals surface area (Å²) < 4.78 is 27.4. The number of nitrogens with zero attached hydrogens (tertiary/aromatic N) is 2. The first-order valence-corrected chi connectivity index (χ1v) is 11.3. The maximum atomic E-state index is 12.7. The van der Waals surface area contributed by atoms with Crippen LogP contribution in [0.4, 0.5) is 0 Å². The molecule has 0 saturated carbocycles. The van der Waals surface area contributed by atoms with Crippen LogP contribution >= 0.6 is 0 Å². The maximum absolute atomic E-state index is 12.7. The van der Waals surface area contributed by atoms with Crippen LogP contribution in [0.25, 0.3) is 6.08 Å². The number of amides is 1. The van der Waals surface area contributed by atoms with Crippen molar-refractivity contribution in [3.8, 4) is 28.7 Å². The zero-order valence-electron chi connectivity index (χ0n) is 20.6. The molecule has 0 unspecified atom stereocenters. The molecule has 3 rings (SSSR count). The van der Waals surface area contributed by atoms with Crippen LogP contribution in [0.15, 0.2) is 36.4 Å². The van der Waals surface area contributed by atoms with Crippen LogP contribution in [0.3, 0.4) is 0 Å². The SMILES string of the molecule is CCOc1ccc(/C=C/C(=O)N2CCN(Cc3ccc(OC)c(OC)c3OC)CC2)cc1OC. The van der Waals surface area contributed by atoms with E-state index in [1.165, 1.54) is 0 Å². The second-order valence-electron chi connectivity index (χ2n) is 7.77. The summed E-state index contributed by atoms with van der Waals surface area (Å²) in [5.41, 5.74) is 1.90. The van der Waals surface area contributed by atoms with Crippen molar-refractivity contribution in [1.29, 1.82) is 0 Å². The summed E-state index contributed by atoms with van der Waals surface area (Å²) >= 11 is 0. The zero-order chi connectivity index (χ0) is 24.5. The third-order valence-corrected chi connectivity index (χ3v) is 5.77. The first-order valence-electron chi connectivity index (χ1n) is 11.3. The summed E-state index contributed by atoms with van der Waals surface area (Å²) in [7, 11) is 6.44. The molecule has 0 atom stereocenters. The van der Waals surface area contributed by atoms with Crippen LogP contribution in [-0.2, 0) is 11.3 Å². The normalized spacial score (nSPS) is 14.2. The predicted octanol–water partition coefficient (Wildman–Crippen LogP) is 3.48. The molecule has 1 saturated heterocycles. The molecule has 0 spiro atoms. The van der Waals surface area contributed by atoms with Gasteiger partial charge in [0, 0.05) is 44.4 Å². The highest BCUT2D eigenvalue weighted by Gasteiger charge is 2.22. The minimum Gasteiger partial charge on any atom is -0.493 e. The number of carbonyl (C=O) groups is 1. The van der Waals surface area contributed by atoms with Gasteiger partial charge in [0.05, 0.1) is 35.0 Å². The molecule has 8 nitrogen and oxygen atoms in total. The molecule has 0 bridgehead atoms. The fourth-order valence-electron chi connectivity index (χ4n) is 3.99. The van der Waals surface area contributed by atoms with Gasteiger partial charge in [0.15, 0.2) is 23.0 Å². The van der Waals surface area contributed by atoms with Crippen LogP contribution in [0.2, 0.25) is 0 Å². The van der Waals surface area contributed by atoms with E-state index in [1.807, 2.05) is 42.2 Å². The smallest absolute Gasteiger partial charge is 0.246 e. The largest absolute Gasteiger partial charge is 0.493 e. The van der Waals surface area contributed by atoms with E-state index in [-0.39, 0.29) is 5.91 Å². The molecule has 0 radical (unpaired) electrons. The highest BCUT2D eigenvalue weighted by atomic mass is 16.5. The zero-order valence-corrected chi connectivity index (χ0v) is 20.6. The Morgan fingerprint density at radius 2 is 1.53 bits per heavy atom. The van der Waals surface area contributed by atoms with Gasteiger partial charge in [-0.05, 0) is 36.8 Å². The van der Waals surface area contributed by atoms with E-state index in [4.69, 9.17) is 23.7 Å². The Kier molecular flexibility index (Phi) is 9.04. The van der Waals surface area contributed by atoms with Gasteiger partial charge in [-0.2, -0.15) is 0 Å². The average molecular weight is 471 g/mol. The van der Waals surface area contributed by atoms with Gasteiger partial charge in [-0.15, -0.1) is 0 Å². The summed E-state index contributed by atoms with van der Waals surface area (Å²) in [4.78, 5) is 16.9. The third kappa shape index (κ3) is 5.94. The van der Waals surface area contributed by atoms with Crippen molar-refractivity contribution < 1.29 is 28.5 Å². The van der Waals surface area contributed by atoms with Crippen molar-refractivity contribution >= 4 is 12.0 Å². The van der Waals surface area contributed by atoms with Crippen LogP contribution in [-0.4, -0.2) is 76.9 Å². The minimum absolute atomic E-state index is 0.00352. The highest BCUT2D eigenvalue weighted by molar-refractivity contribution is 5.92. The topological polar surface area (TPSA) is 69.7 Å². The van der Waals surface area contributed by atoms with Crippen LogP contribution in [0.5, 0.6) is 28.7 Å². The van der Waals surface area contributed by atoms with E-state index in [0.717, 1.165) is 24.2 Å². The first kappa shape index (κ1) is 25.2. The number of rotatable bonds is 10. The van der Waals surface area contributed by atoms with E-state index >= 15 is 0 Å². The Morgan fingerprint density at radius 1 is 0.853 bits per heavy atom. The summed E-state index contributed by atoms with van der Waals surface area (Å²) in [6.45, 7) is 6.05. The molecule has 184 valence electrons. The Hall–Kier alpha value is -3.39. The average Bonchev–Trinajstić information content (AvgIpc) is 2.87. The van der Waals surface area contributed by atoms with Gasteiger partial charge in [0.2, 0.25) is 11.7 Å². The lowest BCUT2D eigenvalue weighted by molar-refractivity contribution is -0.127. The molecule has 8 heteroatoms. The lowest BCUT2D eigenvalue weighted by Crippen LogP contribution is -2.47. The molecule has 34 heavy (non-hydrogen) atoms. The van der Waals surface area contributed by atoms with Crippen molar-refractivity contribution in [3.63, 3.8) is 0 Å². The fourth-order valence-corrected chi connectivity index (χ4v) is 3.99. The van der Waals surface area contributed by atoms with Crippen molar-refractivity contribution in [2.45, 2.75) is 13.5 Å². The molecule has 1 aliphatic heterocycles. The van der Waals surface area contributed by atoms with E-state index in [1.54, 1.807) is 40.6 Å². The van der Waals surface area contributed by atoms with Crippen molar-refractivity contribution in [2.24, 2.45) is 0 Å². The maximum Gasteiger partial charge on any atom is 0.246 e. The third-order valence-electron chi connectivity index (χ3n) is 5.77. The molecule has 2 aromatic rings. The van der Waals surface area contributed by atoms with Crippen LogP contribution in [0, 0.1) is 0 Å². The lowest BCUT2D eigenvalue weighted by atomic mass is 10.1. The van der Waals surface area contributed by atoms with E-state index in [9.17, 15) is 4.79 Å². The molecular formula is C26H34N2O6. The second kappa shape index (κ2) is 12.2. The predicted molar refractivity (Wildman–Crippen MR) is 131 cm³/mol. The van der Waals surface area contributed by atoms with Gasteiger partial charge in [-0.1, -0.05) is 12.1 Å². The molecule has 0 N–H and O–H groups in total. The van der Waals surface area contributed by atoms with Crippen LogP contribution < -0.4 is 23.7 Å². The Labute approximate surface area is 201 Å². The van der Waals surface area contributed by atoms with Gasteiger partial charge < -0.3 is 28.6 Å². The number of piperazine rings is 1. The summed E-state index contributed by atoms with van der Waals surface area (Å²) in [5, 5.41) is 0. The number of methoxy groups -OCH3 is 4. The van der Waals surface area contributed by atoms with Gasteiger partial charge in [0.1, 0.15) is 0 Å². The van der Waals surface area contributed by atoms with Crippen LogP contribution in [0.1, 0.15) is 18.1 Å². The number of hydrogen-bond donors (Lipinski definition) is 0. The number of ether oxygens (including phenoxy) is 5. The van der Waals surface area contributed by atoms with Crippen molar-refractivity contribution in [1.82, 2.24) is 9.80 Å². The van der Waals surface area contributed by atoms with Gasteiger partial charge in [-0.3, -0.25) is 9.69 Å². The summed E-state index contributed by atoms with van der Waals surface area (Å²) in [6.07, 6.45) is 3.42. The molecular weight excluding hydrogens is 436 g/mol. The highest BCUT2D eigenvalue weighted by Crippen LogP contribution is 2.40. The van der Waals surface area contributed by atoms with Crippen molar-refractivity contribution in [2.75, 3.05) is 61.2 Å². The molecule has 0 aliphatic carbocycles. The molecule has 1 amide bonds. The van der Waals surface area contributed by atoms with E-state index in [2.05, 4.69) is 4.90 Å². The van der Waals surface area contributed by atoms with Gasteiger partial charge >= 0.3 is 0 Å². The fraction of sp³-hybridized carbons (Fsp3) is 0.423. The molecule has 0 aromatic heterocycles. The lowest BCUT2D eigenvalue weighted by Gasteiger charge is -2.34. The van der Waals surface area contributed by atoms with E-state index in [0.29, 0.717) is 55.0 Å². The Bertz CT molecular complexity index is 999. The Morgan fingerprint density at radius 3 is 2.15 bits per heavy atom. The first-order chi connectivity index (χ1) is 16.5. The second-order valence-corrected chi connectivity index (χ2v) is 7.77. The quantitative estimate of drug-likeness (QED) is 0.493. The van der Waals surface area contributed by atoms with E-state index < -0.39 is 0 Å². The summed E-state index contributed by atoms with van der Waals surface area (Å²) in [5.74, 6) is 3.24. The Balaban J connectivity index is 1.58. The van der Waals surface area contributed by atoms with Gasteiger partial charge in [0.25, 0.3) is 0 Å². The molecule has 1 fully saturated rings. The summed E-state index contributed by atoms with van der Waals surface area (Å²) in [6, 6.07) is 9.51. The minimum atomic E-state index is -0.00352. The monoisotopic (exact) mass is 470 g/mol. The number of benzene rings is 2. The molecule has 1 aliphatic rings. The standard InChI is InChI=1S/C26H34N2O6/c1-6-34-21-10-7-19(17-23(21)31-3)8-12-24(29)28-15-13-27(14-16-28)18-20-9-11-22(30-2)26(33-5)25(20)32-4/h7-12,17H,6,13-16,18H2,1-5H3/b12-8+. The van der Waals surface area contributed by atoms with Crippen molar-refractivity contribution in [3.05, 3.63) is 47.5 Å². The molecule has 2 aromatic carbocycles. The van der Waals surface area contributed by atoms with Gasteiger partial charge in [-0.25, -0.2) is 0 Å². The number of carbonyl (C=O) groups excluding carboxylic acids is 1. The molecule has 1 heterocycles. The number of hydrogen-bond acceptors (Lipinski definition) is 7.